The van der Waals surface area contributed by atoms with Crippen molar-refractivity contribution in [2.45, 2.75) is 45.9 Å². The maximum absolute atomic E-state index is 14.0. The summed E-state index contributed by atoms with van der Waals surface area (Å²) in [5.41, 5.74) is -0.177. The van der Waals surface area contributed by atoms with Crippen LogP contribution in [-0.4, -0.2) is 64.2 Å². The first-order valence-electron chi connectivity index (χ1n) is 14.2. The van der Waals surface area contributed by atoms with Gasteiger partial charge in [-0.15, -0.1) is 0 Å². The lowest BCUT2D eigenvalue weighted by Crippen LogP contribution is -2.57. The van der Waals surface area contributed by atoms with Gasteiger partial charge in [0.15, 0.2) is 17.7 Å². The molecule has 0 amide bonds. The summed E-state index contributed by atoms with van der Waals surface area (Å²) < 4.78 is 34.5. The van der Waals surface area contributed by atoms with Crippen LogP contribution in [0, 0.1) is 16.7 Å². The van der Waals surface area contributed by atoms with Crippen molar-refractivity contribution in [2.75, 3.05) is 41.1 Å². The third-order valence-electron chi connectivity index (χ3n) is 8.77. The van der Waals surface area contributed by atoms with Gasteiger partial charge in [0.2, 0.25) is 0 Å². The molecule has 0 aromatic heterocycles. The van der Waals surface area contributed by atoms with E-state index >= 15 is 0 Å². The van der Waals surface area contributed by atoms with Gasteiger partial charge in [-0.2, -0.15) is 0 Å². The van der Waals surface area contributed by atoms with Crippen LogP contribution in [0.3, 0.4) is 0 Å². The van der Waals surface area contributed by atoms with Gasteiger partial charge >= 0.3 is 11.9 Å². The normalized spacial score (nSPS) is 26.7. The van der Waals surface area contributed by atoms with E-state index in [1.165, 1.54) is 0 Å². The maximum atomic E-state index is 14.0. The number of esters is 2. The summed E-state index contributed by atoms with van der Waals surface area (Å²) in [6.07, 6.45) is 3.28. The van der Waals surface area contributed by atoms with E-state index in [4.69, 9.17) is 28.4 Å². The molecule has 5 rings (SSSR count). The van der Waals surface area contributed by atoms with Crippen LogP contribution in [0.25, 0.3) is 5.76 Å². The summed E-state index contributed by atoms with van der Waals surface area (Å²) in [5.74, 6) is 1.30. The van der Waals surface area contributed by atoms with E-state index in [1.807, 2.05) is 55.5 Å². The molecule has 2 fully saturated rings. The summed E-state index contributed by atoms with van der Waals surface area (Å²) >= 11 is 0. The van der Waals surface area contributed by atoms with Crippen LogP contribution in [0.2, 0.25) is 0 Å². The number of carbonyl (C=O) groups is 2. The van der Waals surface area contributed by atoms with Gasteiger partial charge in [0.1, 0.15) is 11.5 Å². The summed E-state index contributed by atoms with van der Waals surface area (Å²) in [6.45, 7) is 5.02. The monoisotopic (exact) mass is 565 g/mol. The molecular weight excluding hydrogens is 526 g/mol. The Labute approximate surface area is 241 Å². The summed E-state index contributed by atoms with van der Waals surface area (Å²) in [6, 6.07) is 13.4. The predicted molar refractivity (Wildman–Crippen MR) is 151 cm³/mol. The summed E-state index contributed by atoms with van der Waals surface area (Å²) in [5, 5.41) is 0. The van der Waals surface area contributed by atoms with Crippen molar-refractivity contribution >= 4 is 17.7 Å². The Bertz CT molecular complexity index is 1310. The molecule has 220 valence electrons. The number of nitrogens with zero attached hydrogens (tertiary/aromatic N) is 1. The number of rotatable bonds is 10. The third kappa shape index (κ3) is 4.70. The Kier molecular flexibility index (Phi) is 8.18. The molecule has 1 saturated heterocycles. The molecule has 4 atom stereocenters. The number of ether oxygens (including phenoxy) is 6. The van der Waals surface area contributed by atoms with Crippen molar-refractivity contribution < 1.29 is 38.0 Å². The molecule has 1 saturated carbocycles. The van der Waals surface area contributed by atoms with E-state index in [0.717, 1.165) is 16.9 Å². The highest BCUT2D eigenvalue weighted by Crippen LogP contribution is 2.67. The van der Waals surface area contributed by atoms with E-state index in [0.29, 0.717) is 49.6 Å². The van der Waals surface area contributed by atoms with Crippen molar-refractivity contribution in [1.82, 2.24) is 4.90 Å². The maximum Gasteiger partial charge on any atom is 0.314 e. The average Bonchev–Trinajstić information content (AvgIpc) is 3.50. The second kappa shape index (κ2) is 11.6. The Morgan fingerprint density at radius 1 is 0.951 bits per heavy atom. The first-order valence-corrected chi connectivity index (χ1v) is 14.2. The lowest BCUT2D eigenvalue weighted by molar-refractivity contribution is -0.177. The molecule has 3 aliphatic rings. The molecule has 9 heteroatoms. The highest BCUT2D eigenvalue weighted by molar-refractivity contribution is 5.85. The second-order valence-electron chi connectivity index (χ2n) is 10.7. The number of likely N-dealkylation sites (tertiary alicyclic amines) is 1. The van der Waals surface area contributed by atoms with E-state index in [-0.39, 0.29) is 25.2 Å². The Morgan fingerprint density at radius 3 is 2.34 bits per heavy atom. The zero-order valence-corrected chi connectivity index (χ0v) is 24.4. The molecule has 2 aromatic carbocycles. The van der Waals surface area contributed by atoms with Crippen LogP contribution < -0.4 is 14.2 Å². The minimum Gasteiger partial charge on any atom is -0.497 e. The van der Waals surface area contributed by atoms with Crippen LogP contribution >= 0.6 is 0 Å². The molecule has 0 unspecified atom stereocenters. The zero-order chi connectivity index (χ0) is 29.2. The largest absolute Gasteiger partial charge is 0.497 e. The number of benzene rings is 2. The van der Waals surface area contributed by atoms with Gasteiger partial charge < -0.3 is 28.4 Å². The second-order valence-corrected chi connectivity index (χ2v) is 10.7. The zero-order valence-electron chi connectivity index (χ0n) is 24.4. The SMILES string of the molecule is CCOC(=O)[C@H]1CCC[C@@]2(C(=O)OCC)CN(Cc3ccc(OC)cc3)[C@@H]3OC(c4ccc(OC)c(OC)c4)=C[C@@]132. The molecule has 9 nitrogen and oxygen atoms in total. The third-order valence-corrected chi connectivity index (χ3v) is 8.77. The molecule has 1 aliphatic carbocycles. The molecule has 1 spiro atoms. The van der Waals surface area contributed by atoms with Gasteiger partial charge in [0.05, 0.1) is 51.3 Å². The average molecular weight is 566 g/mol. The topological polar surface area (TPSA) is 92.8 Å². The number of hydrogen-bond donors (Lipinski definition) is 0. The van der Waals surface area contributed by atoms with Crippen LogP contribution in [-0.2, 0) is 30.3 Å². The van der Waals surface area contributed by atoms with Gasteiger partial charge in [-0.25, -0.2) is 0 Å². The molecule has 41 heavy (non-hydrogen) atoms. The van der Waals surface area contributed by atoms with Crippen LogP contribution in [0.1, 0.15) is 44.2 Å². The van der Waals surface area contributed by atoms with E-state index < -0.39 is 23.0 Å². The molecule has 0 radical (unpaired) electrons. The first kappa shape index (κ1) is 28.8. The molecule has 2 heterocycles. The Hall–Kier alpha value is -3.72. The van der Waals surface area contributed by atoms with Gasteiger partial charge in [-0.1, -0.05) is 18.6 Å². The van der Waals surface area contributed by atoms with Gasteiger partial charge in [0, 0.05) is 18.7 Å². The van der Waals surface area contributed by atoms with Crippen LogP contribution in [0.15, 0.2) is 48.5 Å². The van der Waals surface area contributed by atoms with Crippen LogP contribution in [0.5, 0.6) is 17.2 Å². The lowest BCUT2D eigenvalue weighted by Gasteiger charge is -2.48. The van der Waals surface area contributed by atoms with Crippen molar-refractivity contribution in [3.05, 3.63) is 59.7 Å². The van der Waals surface area contributed by atoms with E-state index in [9.17, 15) is 9.59 Å². The number of hydrogen-bond acceptors (Lipinski definition) is 9. The van der Waals surface area contributed by atoms with Crippen molar-refractivity contribution in [2.24, 2.45) is 16.7 Å². The molecule has 2 aromatic rings. The molecule has 0 bridgehead atoms. The highest BCUT2D eigenvalue weighted by atomic mass is 16.5. The summed E-state index contributed by atoms with van der Waals surface area (Å²) in [4.78, 5) is 29.8. The van der Waals surface area contributed by atoms with Gasteiger partial charge in [-0.3, -0.25) is 14.5 Å². The van der Waals surface area contributed by atoms with Gasteiger partial charge in [-0.05, 0) is 68.7 Å². The predicted octanol–water partition coefficient (Wildman–Crippen LogP) is 4.82. The quantitative estimate of drug-likeness (QED) is 0.376. The molecular formula is C32H39NO8. The standard InChI is InChI=1S/C32H39NO8/c1-6-39-28(34)24-9-8-16-31(30(35)40-7-2)20-33(19-21-10-13-23(36-3)14-11-21)29-32(24,31)18-27(41-29)22-12-15-25(37-4)26(17-22)38-5/h10-15,17-18,24,29H,6-9,16,19-20H2,1-5H3/t24-,29-,31+,32-/m1/s1. The number of methoxy groups -OCH3 is 3. The van der Waals surface area contributed by atoms with Crippen molar-refractivity contribution in [1.29, 1.82) is 0 Å². The number of carbonyl (C=O) groups excluding carboxylic acids is 2. The van der Waals surface area contributed by atoms with Gasteiger partial charge in [0.25, 0.3) is 0 Å². The minimum atomic E-state index is -0.992. The first-order chi connectivity index (χ1) is 19.9. The minimum absolute atomic E-state index is 0.247. The molecule has 2 aliphatic heterocycles. The lowest BCUT2D eigenvalue weighted by atomic mass is 9.52. The molecule has 0 N–H and O–H groups in total. The van der Waals surface area contributed by atoms with Crippen molar-refractivity contribution in [3.8, 4) is 17.2 Å². The fourth-order valence-corrected chi connectivity index (χ4v) is 7.02. The highest BCUT2D eigenvalue weighted by Gasteiger charge is 2.75. The van der Waals surface area contributed by atoms with Crippen molar-refractivity contribution in [3.63, 3.8) is 0 Å². The summed E-state index contributed by atoms with van der Waals surface area (Å²) in [7, 11) is 4.80. The fourth-order valence-electron chi connectivity index (χ4n) is 7.02. The Balaban J connectivity index is 1.66. The van der Waals surface area contributed by atoms with Crippen LogP contribution in [0.4, 0.5) is 0 Å². The fraction of sp³-hybridized carbons (Fsp3) is 0.500. The smallest absolute Gasteiger partial charge is 0.314 e. The van der Waals surface area contributed by atoms with E-state index in [1.54, 1.807) is 28.3 Å². The van der Waals surface area contributed by atoms with E-state index in [2.05, 4.69) is 4.90 Å². The Morgan fingerprint density at radius 2 is 1.68 bits per heavy atom.